The van der Waals surface area contributed by atoms with Crippen LogP contribution in [0.15, 0.2) is 73.2 Å². The Kier molecular flexibility index (Phi) is 5.69. The van der Waals surface area contributed by atoms with Gasteiger partial charge in [-0.15, -0.1) is 0 Å². The normalized spacial score (nSPS) is 18.3. The van der Waals surface area contributed by atoms with Gasteiger partial charge in [-0.1, -0.05) is 55.5 Å². The molecule has 33 heavy (non-hydrogen) atoms. The summed E-state index contributed by atoms with van der Waals surface area (Å²) in [5.41, 5.74) is 3.74. The van der Waals surface area contributed by atoms with Crippen molar-refractivity contribution in [3.8, 4) is 11.1 Å². The average Bonchev–Trinajstić information content (AvgIpc) is 3.34. The van der Waals surface area contributed by atoms with E-state index in [0.29, 0.717) is 12.5 Å². The van der Waals surface area contributed by atoms with E-state index in [9.17, 15) is 4.79 Å². The lowest BCUT2D eigenvalue weighted by Gasteiger charge is -2.42. The molecule has 0 bridgehead atoms. The summed E-state index contributed by atoms with van der Waals surface area (Å²) < 4.78 is 0. The van der Waals surface area contributed by atoms with Crippen molar-refractivity contribution in [3.63, 3.8) is 0 Å². The molecule has 2 atom stereocenters. The van der Waals surface area contributed by atoms with E-state index >= 15 is 0 Å². The number of fused-ring (bicyclic) bond motifs is 1. The zero-order chi connectivity index (χ0) is 22.8. The third-order valence-electron chi connectivity index (χ3n) is 6.62. The van der Waals surface area contributed by atoms with Crippen molar-refractivity contribution in [1.29, 1.82) is 0 Å². The van der Waals surface area contributed by atoms with E-state index in [-0.39, 0.29) is 12.1 Å². The predicted molar refractivity (Wildman–Crippen MR) is 132 cm³/mol. The highest BCUT2D eigenvalue weighted by molar-refractivity contribution is 5.94. The van der Waals surface area contributed by atoms with E-state index in [1.807, 2.05) is 59.6 Å². The third-order valence-corrected chi connectivity index (χ3v) is 6.62. The van der Waals surface area contributed by atoms with Crippen LogP contribution in [0.5, 0.6) is 0 Å². The second-order valence-electron chi connectivity index (χ2n) is 8.67. The molecule has 1 saturated heterocycles. The Bertz CT molecular complexity index is 1250. The van der Waals surface area contributed by atoms with Gasteiger partial charge in [0.1, 0.15) is 17.8 Å². The van der Waals surface area contributed by atoms with E-state index < -0.39 is 0 Å². The van der Waals surface area contributed by atoms with Crippen molar-refractivity contribution in [2.75, 3.05) is 30.4 Å². The Morgan fingerprint density at radius 3 is 2.73 bits per heavy atom. The second-order valence-corrected chi connectivity index (χ2v) is 8.67. The van der Waals surface area contributed by atoms with Crippen molar-refractivity contribution in [1.82, 2.24) is 19.9 Å². The van der Waals surface area contributed by atoms with Crippen LogP contribution in [0, 0.1) is 5.92 Å². The zero-order valence-corrected chi connectivity index (χ0v) is 18.9. The van der Waals surface area contributed by atoms with Crippen LogP contribution < -0.4 is 10.2 Å². The molecular formula is C26H28N6O. The SMILES string of the molecule is CC1CCN(C(=O)Nc2ccccc2-c2ccccc2)CC1N(C)c1ncnc2[nH]ccc12. The van der Waals surface area contributed by atoms with Gasteiger partial charge in [0.2, 0.25) is 0 Å². The van der Waals surface area contributed by atoms with E-state index in [1.54, 1.807) is 6.33 Å². The number of aromatic amines is 1. The van der Waals surface area contributed by atoms with Crippen LogP contribution in [-0.2, 0) is 0 Å². The number of benzene rings is 2. The summed E-state index contributed by atoms with van der Waals surface area (Å²) in [7, 11) is 2.06. The first-order chi connectivity index (χ1) is 16.1. The number of likely N-dealkylation sites (tertiary alicyclic amines) is 1. The first-order valence-electron chi connectivity index (χ1n) is 11.3. The maximum atomic E-state index is 13.3. The number of hydrogen-bond acceptors (Lipinski definition) is 4. The molecule has 2 aromatic heterocycles. The smallest absolute Gasteiger partial charge is 0.321 e. The van der Waals surface area contributed by atoms with E-state index in [2.05, 4.69) is 51.3 Å². The molecule has 2 aromatic carbocycles. The summed E-state index contributed by atoms with van der Waals surface area (Å²) in [6, 6.07) is 20.2. The highest BCUT2D eigenvalue weighted by Crippen LogP contribution is 2.30. The Morgan fingerprint density at radius 2 is 1.88 bits per heavy atom. The minimum atomic E-state index is -0.0711. The maximum Gasteiger partial charge on any atom is 0.321 e. The highest BCUT2D eigenvalue weighted by atomic mass is 16.2. The molecule has 168 valence electrons. The predicted octanol–water partition coefficient (Wildman–Crippen LogP) is 5.00. The van der Waals surface area contributed by atoms with Crippen LogP contribution in [0.2, 0.25) is 0 Å². The Morgan fingerprint density at radius 1 is 1.09 bits per heavy atom. The van der Waals surface area contributed by atoms with Crippen LogP contribution in [0.1, 0.15) is 13.3 Å². The number of likely N-dealkylation sites (N-methyl/N-ethyl adjacent to an activating group) is 1. The van der Waals surface area contributed by atoms with E-state index in [0.717, 1.165) is 46.6 Å². The number of carbonyl (C=O) groups is 1. The summed E-state index contributed by atoms with van der Waals surface area (Å²) >= 11 is 0. The molecular weight excluding hydrogens is 412 g/mol. The number of nitrogens with zero attached hydrogens (tertiary/aromatic N) is 4. The molecule has 0 spiro atoms. The molecule has 7 heteroatoms. The van der Waals surface area contributed by atoms with Crippen molar-refractivity contribution in [3.05, 3.63) is 73.2 Å². The molecule has 0 saturated carbocycles. The van der Waals surface area contributed by atoms with Gasteiger partial charge in [-0.3, -0.25) is 0 Å². The highest BCUT2D eigenvalue weighted by Gasteiger charge is 2.33. The lowest BCUT2D eigenvalue weighted by molar-refractivity contribution is 0.172. The van der Waals surface area contributed by atoms with Crippen molar-refractivity contribution in [2.45, 2.75) is 19.4 Å². The number of H-pyrrole nitrogens is 1. The van der Waals surface area contributed by atoms with E-state index in [1.165, 1.54) is 0 Å². The first kappa shape index (κ1) is 21.0. The standard InChI is InChI=1S/C26H28N6O/c1-18-13-15-32(16-23(18)31(2)25-21-12-14-27-24(21)28-17-29-25)26(33)30-22-11-7-6-10-20(22)19-8-4-3-5-9-19/h3-12,14,17-18,23H,13,15-16H2,1-2H3,(H,30,33)(H,27,28,29). The Labute approximate surface area is 193 Å². The van der Waals surface area contributed by atoms with Crippen molar-refractivity contribution < 1.29 is 4.79 Å². The minimum absolute atomic E-state index is 0.0711. The van der Waals surface area contributed by atoms with Crippen LogP contribution >= 0.6 is 0 Å². The largest absolute Gasteiger partial charge is 0.354 e. The van der Waals surface area contributed by atoms with Crippen LogP contribution in [0.3, 0.4) is 0 Å². The molecule has 0 radical (unpaired) electrons. The van der Waals surface area contributed by atoms with Crippen LogP contribution in [0.4, 0.5) is 16.3 Å². The number of amides is 2. The number of hydrogen-bond donors (Lipinski definition) is 2. The van der Waals surface area contributed by atoms with Gasteiger partial charge < -0.3 is 20.1 Å². The lowest BCUT2D eigenvalue weighted by atomic mass is 9.92. The van der Waals surface area contributed by atoms with Gasteiger partial charge in [0.15, 0.2) is 0 Å². The first-order valence-corrected chi connectivity index (χ1v) is 11.3. The maximum absolute atomic E-state index is 13.3. The van der Waals surface area contributed by atoms with E-state index in [4.69, 9.17) is 0 Å². The van der Waals surface area contributed by atoms with Crippen molar-refractivity contribution >= 4 is 28.6 Å². The topological polar surface area (TPSA) is 77.2 Å². The number of carbonyl (C=O) groups excluding carboxylic acids is 1. The third kappa shape index (κ3) is 4.14. The average molecular weight is 441 g/mol. The number of nitrogens with one attached hydrogen (secondary N) is 2. The van der Waals surface area contributed by atoms with Gasteiger partial charge in [-0.05, 0) is 30.0 Å². The van der Waals surface area contributed by atoms with Gasteiger partial charge in [0, 0.05) is 31.9 Å². The van der Waals surface area contributed by atoms with Gasteiger partial charge in [0.05, 0.1) is 17.1 Å². The summed E-state index contributed by atoms with van der Waals surface area (Å²) in [6.07, 6.45) is 4.40. The molecule has 2 amide bonds. The molecule has 3 heterocycles. The summed E-state index contributed by atoms with van der Waals surface area (Å²) in [5.74, 6) is 1.31. The molecule has 5 rings (SSSR count). The van der Waals surface area contributed by atoms with Gasteiger partial charge in [0.25, 0.3) is 0 Å². The molecule has 7 nitrogen and oxygen atoms in total. The fourth-order valence-electron chi connectivity index (χ4n) is 4.69. The second kappa shape index (κ2) is 8.94. The zero-order valence-electron chi connectivity index (χ0n) is 18.9. The van der Waals surface area contributed by atoms with Crippen molar-refractivity contribution in [2.24, 2.45) is 5.92 Å². The monoisotopic (exact) mass is 440 g/mol. The summed E-state index contributed by atoms with van der Waals surface area (Å²) in [4.78, 5) is 29.4. The molecule has 0 aliphatic carbocycles. The van der Waals surface area contributed by atoms with Crippen LogP contribution in [0.25, 0.3) is 22.2 Å². The van der Waals surface area contributed by atoms with Gasteiger partial charge >= 0.3 is 6.03 Å². The molecule has 1 aliphatic heterocycles. The summed E-state index contributed by atoms with van der Waals surface area (Å²) in [6.45, 7) is 3.61. The number of urea groups is 1. The van der Waals surface area contributed by atoms with Crippen LogP contribution in [-0.4, -0.2) is 52.1 Å². The molecule has 2 N–H and O–H groups in total. The fraction of sp³-hybridized carbons (Fsp3) is 0.269. The number of para-hydroxylation sites is 1. The lowest BCUT2D eigenvalue weighted by Crippen LogP contribution is -2.53. The molecule has 1 fully saturated rings. The summed E-state index contributed by atoms with van der Waals surface area (Å²) in [5, 5.41) is 4.15. The Hall–Kier alpha value is -3.87. The molecule has 2 unspecified atom stereocenters. The molecule has 1 aliphatic rings. The number of rotatable bonds is 4. The molecule has 4 aromatic rings. The van der Waals surface area contributed by atoms with Gasteiger partial charge in [-0.25, -0.2) is 14.8 Å². The number of aromatic nitrogens is 3. The quantitative estimate of drug-likeness (QED) is 0.468. The minimum Gasteiger partial charge on any atom is -0.354 e. The number of piperidine rings is 1. The van der Waals surface area contributed by atoms with Gasteiger partial charge in [-0.2, -0.15) is 0 Å². The fourth-order valence-corrected chi connectivity index (χ4v) is 4.69. The Balaban J connectivity index is 1.35. The number of anilines is 2.